The third kappa shape index (κ3) is 2.95. The first kappa shape index (κ1) is 13.6. The predicted octanol–water partition coefficient (Wildman–Crippen LogP) is 2.63. The van der Waals surface area contributed by atoms with Gasteiger partial charge in [0.15, 0.2) is 0 Å². The Kier molecular flexibility index (Phi) is 4.83. The van der Waals surface area contributed by atoms with Gasteiger partial charge in [-0.1, -0.05) is 12.1 Å². The van der Waals surface area contributed by atoms with Crippen LogP contribution < -0.4 is 4.74 Å². The van der Waals surface area contributed by atoms with Crippen LogP contribution in [0.3, 0.4) is 0 Å². The van der Waals surface area contributed by atoms with E-state index in [2.05, 4.69) is 12.3 Å². The molecule has 1 heterocycles. The smallest absolute Gasteiger partial charge is 0.233 e. The van der Waals surface area contributed by atoms with E-state index in [1.54, 1.807) is 30.6 Å². The molecule has 1 atom stereocenters. The van der Waals surface area contributed by atoms with E-state index < -0.39 is 0 Å². The van der Waals surface area contributed by atoms with E-state index in [4.69, 9.17) is 4.74 Å². The van der Waals surface area contributed by atoms with E-state index in [1.807, 2.05) is 23.1 Å². The van der Waals surface area contributed by atoms with Crippen LogP contribution in [0.1, 0.15) is 10.9 Å². The topological polar surface area (TPSA) is 29.5 Å². The molecular weight excluding hydrogens is 266 g/mol. The highest BCUT2D eigenvalue weighted by Gasteiger charge is 2.32. The molecule has 0 aliphatic carbocycles. The molecule has 0 radical (unpaired) electrons. The lowest BCUT2D eigenvalue weighted by Gasteiger charge is -2.24. The molecule has 18 heavy (non-hydrogen) atoms. The predicted molar refractivity (Wildman–Crippen MR) is 78.3 cm³/mol. The van der Waals surface area contributed by atoms with Gasteiger partial charge in [-0.2, -0.15) is 11.8 Å². The van der Waals surface area contributed by atoms with Crippen molar-refractivity contribution in [3.63, 3.8) is 0 Å². The number of thioether (sulfide) groups is 2. The number of ether oxygens (including phenoxy) is 1. The monoisotopic (exact) mass is 283 g/mol. The van der Waals surface area contributed by atoms with Crippen molar-refractivity contribution < 1.29 is 9.53 Å². The second kappa shape index (κ2) is 6.38. The van der Waals surface area contributed by atoms with Crippen molar-refractivity contribution in [2.24, 2.45) is 0 Å². The molecule has 2 rings (SSSR count). The van der Waals surface area contributed by atoms with E-state index in [9.17, 15) is 4.79 Å². The summed E-state index contributed by atoms with van der Waals surface area (Å²) in [5, 5.41) is 0.139. The third-order valence-electron chi connectivity index (χ3n) is 2.88. The van der Waals surface area contributed by atoms with Gasteiger partial charge < -0.3 is 9.64 Å². The summed E-state index contributed by atoms with van der Waals surface area (Å²) in [4.78, 5) is 13.9. The van der Waals surface area contributed by atoms with Gasteiger partial charge in [-0.05, 0) is 24.0 Å². The van der Waals surface area contributed by atoms with E-state index >= 15 is 0 Å². The van der Waals surface area contributed by atoms with Gasteiger partial charge in [0.25, 0.3) is 0 Å². The van der Waals surface area contributed by atoms with E-state index in [-0.39, 0.29) is 11.3 Å². The number of carbonyl (C=O) groups is 1. The molecule has 5 heteroatoms. The van der Waals surface area contributed by atoms with Gasteiger partial charge in [0, 0.05) is 12.3 Å². The second-order valence-electron chi connectivity index (χ2n) is 4.02. The Morgan fingerprint density at radius 3 is 3.11 bits per heavy atom. The van der Waals surface area contributed by atoms with Gasteiger partial charge in [0.2, 0.25) is 5.91 Å². The standard InChI is InChI=1S/C13H17NO2S2/c1-16-11-5-3-4-10(8-11)13-14(6-7-17-2)12(15)9-18-13/h3-5,8,13H,6-7,9H2,1-2H3. The quantitative estimate of drug-likeness (QED) is 0.831. The van der Waals surface area contributed by atoms with Gasteiger partial charge >= 0.3 is 0 Å². The molecule has 1 fully saturated rings. The van der Waals surface area contributed by atoms with Gasteiger partial charge in [0.1, 0.15) is 11.1 Å². The first-order valence-electron chi connectivity index (χ1n) is 5.80. The summed E-state index contributed by atoms with van der Waals surface area (Å²) in [6, 6.07) is 7.98. The Balaban J connectivity index is 2.17. The number of amides is 1. The highest BCUT2D eigenvalue weighted by molar-refractivity contribution is 8.00. The first-order chi connectivity index (χ1) is 8.76. The zero-order valence-electron chi connectivity index (χ0n) is 10.6. The lowest BCUT2D eigenvalue weighted by atomic mass is 10.2. The number of nitrogens with zero attached hydrogens (tertiary/aromatic N) is 1. The summed E-state index contributed by atoms with van der Waals surface area (Å²) in [6.45, 7) is 0.814. The molecule has 1 amide bonds. The number of carbonyl (C=O) groups excluding carboxylic acids is 1. The molecule has 98 valence electrons. The zero-order chi connectivity index (χ0) is 13.0. The summed E-state index contributed by atoms with van der Waals surface area (Å²) in [5.74, 6) is 2.64. The number of hydrogen-bond acceptors (Lipinski definition) is 4. The SMILES string of the molecule is COc1cccc(C2SCC(=O)N2CCSC)c1. The van der Waals surface area contributed by atoms with Crippen LogP contribution in [0.4, 0.5) is 0 Å². The highest BCUT2D eigenvalue weighted by Crippen LogP contribution is 2.39. The van der Waals surface area contributed by atoms with Crippen LogP contribution in [-0.4, -0.2) is 42.2 Å². The Morgan fingerprint density at radius 1 is 1.56 bits per heavy atom. The fourth-order valence-corrected chi connectivity index (χ4v) is 3.54. The van der Waals surface area contributed by atoms with Crippen molar-refractivity contribution in [3.05, 3.63) is 29.8 Å². The third-order valence-corrected chi connectivity index (χ3v) is 4.73. The molecular formula is C13H17NO2S2. The molecule has 1 aliphatic rings. The zero-order valence-corrected chi connectivity index (χ0v) is 12.2. The summed E-state index contributed by atoms with van der Waals surface area (Å²) < 4.78 is 5.24. The average Bonchev–Trinajstić information content (AvgIpc) is 2.77. The minimum atomic E-state index is 0.139. The molecule has 1 saturated heterocycles. The largest absolute Gasteiger partial charge is 0.497 e. The van der Waals surface area contributed by atoms with Crippen molar-refractivity contribution >= 4 is 29.4 Å². The molecule has 0 bridgehead atoms. The van der Waals surface area contributed by atoms with Crippen molar-refractivity contribution in [2.45, 2.75) is 5.37 Å². The molecule has 1 aromatic rings. The van der Waals surface area contributed by atoms with Gasteiger partial charge in [0.05, 0.1) is 12.9 Å². The fourth-order valence-electron chi connectivity index (χ4n) is 1.96. The van der Waals surface area contributed by atoms with E-state index in [0.717, 1.165) is 23.6 Å². The molecule has 3 nitrogen and oxygen atoms in total. The fraction of sp³-hybridized carbons (Fsp3) is 0.462. The first-order valence-corrected chi connectivity index (χ1v) is 8.24. The van der Waals surface area contributed by atoms with Gasteiger partial charge in [-0.25, -0.2) is 0 Å². The molecule has 0 spiro atoms. The lowest BCUT2D eigenvalue weighted by Crippen LogP contribution is -2.30. The molecule has 1 aromatic carbocycles. The van der Waals surface area contributed by atoms with Crippen LogP contribution in [0.25, 0.3) is 0 Å². The summed E-state index contributed by atoms with van der Waals surface area (Å²) in [7, 11) is 1.66. The van der Waals surface area contributed by atoms with Crippen LogP contribution in [0.2, 0.25) is 0 Å². The van der Waals surface area contributed by atoms with Crippen molar-refractivity contribution in [2.75, 3.05) is 31.4 Å². The molecule has 1 aliphatic heterocycles. The molecule has 0 saturated carbocycles. The minimum Gasteiger partial charge on any atom is -0.497 e. The normalized spacial score (nSPS) is 19.3. The van der Waals surface area contributed by atoms with E-state index in [1.165, 1.54) is 0 Å². The number of rotatable bonds is 5. The van der Waals surface area contributed by atoms with Crippen LogP contribution >= 0.6 is 23.5 Å². The Hall–Kier alpha value is -0.810. The van der Waals surface area contributed by atoms with Gasteiger partial charge in [-0.3, -0.25) is 4.79 Å². The maximum Gasteiger partial charge on any atom is 0.233 e. The van der Waals surface area contributed by atoms with E-state index in [0.29, 0.717) is 5.75 Å². The van der Waals surface area contributed by atoms with Crippen molar-refractivity contribution in [3.8, 4) is 5.75 Å². The van der Waals surface area contributed by atoms with Crippen LogP contribution in [-0.2, 0) is 4.79 Å². The minimum absolute atomic E-state index is 0.139. The highest BCUT2D eigenvalue weighted by atomic mass is 32.2. The second-order valence-corrected chi connectivity index (χ2v) is 6.07. The van der Waals surface area contributed by atoms with Crippen LogP contribution in [0.15, 0.2) is 24.3 Å². The molecule has 0 N–H and O–H groups in total. The van der Waals surface area contributed by atoms with Crippen molar-refractivity contribution in [1.29, 1.82) is 0 Å². The average molecular weight is 283 g/mol. The van der Waals surface area contributed by atoms with Crippen LogP contribution in [0, 0.1) is 0 Å². The maximum absolute atomic E-state index is 11.9. The summed E-state index contributed by atoms with van der Waals surface area (Å²) in [5.41, 5.74) is 1.14. The summed E-state index contributed by atoms with van der Waals surface area (Å²) >= 11 is 3.46. The molecule has 0 aromatic heterocycles. The Morgan fingerprint density at radius 2 is 2.39 bits per heavy atom. The Bertz CT molecular complexity index is 425. The number of hydrogen-bond donors (Lipinski definition) is 0. The maximum atomic E-state index is 11.9. The summed E-state index contributed by atoms with van der Waals surface area (Å²) in [6.07, 6.45) is 2.06. The number of benzene rings is 1. The Labute approximate surface area is 116 Å². The lowest BCUT2D eigenvalue weighted by molar-refractivity contribution is -0.127. The van der Waals surface area contributed by atoms with Crippen molar-refractivity contribution in [1.82, 2.24) is 4.90 Å². The van der Waals surface area contributed by atoms with Crippen LogP contribution in [0.5, 0.6) is 5.75 Å². The molecule has 1 unspecified atom stereocenters. The number of methoxy groups -OCH3 is 1. The van der Waals surface area contributed by atoms with Gasteiger partial charge in [-0.15, -0.1) is 11.8 Å².